The van der Waals surface area contributed by atoms with Crippen molar-refractivity contribution in [2.24, 2.45) is 0 Å². The molecule has 134 valence electrons. The lowest BCUT2D eigenvalue weighted by Gasteiger charge is -2.23. The van der Waals surface area contributed by atoms with Crippen LogP contribution in [0.2, 0.25) is 0 Å². The molecule has 0 fully saturated rings. The summed E-state index contributed by atoms with van der Waals surface area (Å²) < 4.78 is 21.1. The Morgan fingerprint density at radius 3 is 1.92 bits per heavy atom. The summed E-state index contributed by atoms with van der Waals surface area (Å²) >= 11 is 0. The zero-order chi connectivity index (χ0) is 18.4. The van der Waals surface area contributed by atoms with Crippen LogP contribution in [0.15, 0.2) is 36.4 Å². The summed E-state index contributed by atoms with van der Waals surface area (Å²) in [6, 6.07) is 10.3. The van der Waals surface area contributed by atoms with E-state index in [4.69, 9.17) is 18.9 Å². The van der Waals surface area contributed by atoms with E-state index < -0.39 is 12.0 Å². The van der Waals surface area contributed by atoms with Gasteiger partial charge in [0.25, 0.3) is 0 Å². The minimum Gasteiger partial charge on any atom is -0.496 e. The summed E-state index contributed by atoms with van der Waals surface area (Å²) in [4.78, 5) is 12.4. The maximum absolute atomic E-state index is 12.4. The van der Waals surface area contributed by atoms with E-state index in [2.05, 4.69) is 5.32 Å². The predicted molar refractivity (Wildman–Crippen MR) is 95.7 cm³/mol. The number of anilines is 1. The molecule has 0 amide bonds. The van der Waals surface area contributed by atoms with Crippen LogP contribution in [0.3, 0.4) is 0 Å². The molecule has 0 aliphatic carbocycles. The average molecular weight is 345 g/mol. The second kappa shape index (κ2) is 8.28. The molecule has 0 aliphatic heterocycles. The van der Waals surface area contributed by atoms with Gasteiger partial charge in [-0.1, -0.05) is 17.7 Å². The number of carbonyl (C=O) groups is 1. The fourth-order valence-corrected chi connectivity index (χ4v) is 2.50. The highest BCUT2D eigenvalue weighted by molar-refractivity contribution is 5.83. The third-order valence-corrected chi connectivity index (χ3v) is 3.84. The first-order valence-corrected chi connectivity index (χ1v) is 7.75. The lowest BCUT2D eigenvalue weighted by Crippen LogP contribution is -2.23. The van der Waals surface area contributed by atoms with Crippen LogP contribution in [0.4, 0.5) is 5.69 Å². The van der Waals surface area contributed by atoms with Crippen LogP contribution in [0.5, 0.6) is 17.2 Å². The van der Waals surface area contributed by atoms with Gasteiger partial charge in [-0.25, -0.2) is 4.79 Å². The van der Waals surface area contributed by atoms with Gasteiger partial charge in [-0.05, 0) is 19.1 Å². The molecule has 1 N–H and O–H groups in total. The van der Waals surface area contributed by atoms with Crippen molar-refractivity contribution in [1.82, 2.24) is 0 Å². The van der Waals surface area contributed by atoms with Gasteiger partial charge in [-0.3, -0.25) is 0 Å². The van der Waals surface area contributed by atoms with E-state index in [1.807, 2.05) is 31.2 Å². The number of hydrogen-bond acceptors (Lipinski definition) is 6. The molecule has 0 radical (unpaired) electrons. The molecular formula is C19H23NO5. The highest BCUT2D eigenvalue weighted by atomic mass is 16.5. The van der Waals surface area contributed by atoms with Gasteiger partial charge >= 0.3 is 5.97 Å². The Bertz CT molecular complexity index is 702. The van der Waals surface area contributed by atoms with Crippen LogP contribution in [0.25, 0.3) is 0 Å². The quantitative estimate of drug-likeness (QED) is 0.777. The maximum atomic E-state index is 12.4. The third kappa shape index (κ3) is 4.15. The van der Waals surface area contributed by atoms with Crippen molar-refractivity contribution < 1.29 is 23.7 Å². The zero-order valence-corrected chi connectivity index (χ0v) is 15.1. The smallest absolute Gasteiger partial charge is 0.333 e. The topological polar surface area (TPSA) is 66.0 Å². The number of nitrogens with one attached hydrogen (secondary N) is 1. The molecule has 2 aromatic rings. The van der Waals surface area contributed by atoms with Crippen LogP contribution in [0.1, 0.15) is 17.2 Å². The Morgan fingerprint density at radius 2 is 1.48 bits per heavy atom. The van der Waals surface area contributed by atoms with Crippen LogP contribution in [-0.2, 0) is 9.53 Å². The molecule has 2 rings (SSSR count). The van der Waals surface area contributed by atoms with Crippen molar-refractivity contribution in [3.05, 3.63) is 47.5 Å². The fraction of sp³-hybridized carbons (Fsp3) is 0.316. The summed E-state index contributed by atoms with van der Waals surface area (Å²) in [5.74, 6) is 1.04. The highest BCUT2D eigenvalue weighted by Gasteiger charge is 2.29. The van der Waals surface area contributed by atoms with Crippen molar-refractivity contribution in [1.29, 1.82) is 0 Å². The van der Waals surface area contributed by atoms with Crippen molar-refractivity contribution in [2.75, 3.05) is 33.8 Å². The van der Waals surface area contributed by atoms with E-state index in [0.29, 0.717) is 22.8 Å². The third-order valence-electron chi connectivity index (χ3n) is 3.84. The van der Waals surface area contributed by atoms with E-state index in [-0.39, 0.29) is 0 Å². The van der Waals surface area contributed by atoms with E-state index in [1.165, 1.54) is 21.3 Å². The van der Waals surface area contributed by atoms with Gasteiger partial charge in [0.1, 0.15) is 17.2 Å². The monoisotopic (exact) mass is 345 g/mol. The molecule has 0 heterocycles. The van der Waals surface area contributed by atoms with E-state index >= 15 is 0 Å². The Hall–Kier alpha value is -2.89. The van der Waals surface area contributed by atoms with Gasteiger partial charge in [-0.15, -0.1) is 0 Å². The lowest BCUT2D eigenvalue weighted by molar-refractivity contribution is -0.141. The van der Waals surface area contributed by atoms with Crippen molar-refractivity contribution in [3.8, 4) is 17.2 Å². The normalized spacial score (nSPS) is 11.4. The number of ether oxygens (including phenoxy) is 4. The SMILES string of the molecule is COC(=O)[C@H](Nc1ccc(C)cc1)c1c(OC)cc(OC)cc1OC. The summed E-state index contributed by atoms with van der Waals surface area (Å²) in [7, 11) is 5.95. The van der Waals surface area contributed by atoms with E-state index in [0.717, 1.165) is 11.3 Å². The van der Waals surface area contributed by atoms with Crippen LogP contribution >= 0.6 is 0 Å². The maximum Gasteiger partial charge on any atom is 0.333 e. The van der Waals surface area contributed by atoms with Gasteiger partial charge in [0, 0.05) is 17.8 Å². The Kier molecular flexibility index (Phi) is 6.11. The van der Waals surface area contributed by atoms with E-state index in [9.17, 15) is 4.79 Å². The molecule has 0 aliphatic rings. The zero-order valence-electron chi connectivity index (χ0n) is 15.1. The van der Waals surface area contributed by atoms with Gasteiger partial charge in [0.2, 0.25) is 0 Å². The lowest BCUT2D eigenvalue weighted by atomic mass is 10.0. The molecule has 6 heteroatoms. The number of rotatable bonds is 7. The Morgan fingerprint density at radius 1 is 0.920 bits per heavy atom. The summed E-state index contributed by atoms with van der Waals surface area (Å²) in [5, 5.41) is 3.18. The van der Waals surface area contributed by atoms with Crippen LogP contribution in [0, 0.1) is 6.92 Å². The molecular weight excluding hydrogens is 322 g/mol. The highest BCUT2D eigenvalue weighted by Crippen LogP contribution is 2.40. The van der Waals surface area contributed by atoms with Crippen molar-refractivity contribution in [2.45, 2.75) is 13.0 Å². The number of benzene rings is 2. The van der Waals surface area contributed by atoms with E-state index in [1.54, 1.807) is 19.2 Å². The molecule has 0 aromatic heterocycles. The number of carbonyl (C=O) groups excluding carboxylic acids is 1. The van der Waals surface area contributed by atoms with Gasteiger partial charge < -0.3 is 24.3 Å². The van der Waals surface area contributed by atoms with Gasteiger partial charge in [-0.2, -0.15) is 0 Å². The molecule has 0 saturated heterocycles. The number of aryl methyl sites for hydroxylation is 1. The average Bonchev–Trinajstić information content (AvgIpc) is 2.65. The van der Waals surface area contributed by atoms with Gasteiger partial charge in [0.05, 0.1) is 34.0 Å². The summed E-state index contributed by atoms with van der Waals surface area (Å²) in [5.41, 5.74) is 2.44. The molecule has 6 nitrogen and oxygen atoms in total. The Labute approximate surface area is 147 Å². The summed E-state index contributed by atoms with van der Waals surface area (Å²) in [6.45, 7) is 2.00. The van der Waals surface area contributed by atoms with Crippen molar-refractivity contribution >= 4 is 11.7 Å². The molecule has 0 spiro atoms. The molecule has 0 bridgehead atoms. The first-order valence-electron chi connectivity index (χ1n) is 7.75. The number of methoxy groups -OCH3 is 4. The largest absolute Gasteiger partial charge is 0.496 e. The second-order valence-electron chi connectivity index (χ2n) is 5.41. The number of esters is 1. The fourth-order valence-electron chi connectivity index (χ4n) is 2.50. The minimum atomic E-state index is -0.802. The molecule has 25 heavy (non-hydrogen) atoms. The molecule has 1 atom stereocenters. The molecule has 0 unspecified atom stereocenters. The first kappa shape index (κ1) is 18.4. The standard InChI is InChI=1S/C19H23NO5/c1-12-6-8-13(9-7-12)20-18(19(21)25-5)17-15(23-3)10-14(22-2)11-16(17)24-4/h6-11,18,20H,1-5H3/t18-/m1/s1. The predicted octanol–water partition coefficient (Wildman–Crippen LogP) is 3.35. The molecule has 0 saturated carbocycles. The minimum absolute atomic E-state index is 0.456. The second-order valence-corrected chi connectivity index (χ2v) is 5.41. The van der Waals surface area contributed by atoms with Crippen LogP contribution < -0.4 is 19.5 Å². The van der Waals surface area contributed by atoms with Crippen LogP contribution in [-0.4, -0.2) is 34.4 Å². The summed E-state index contributed by atoms with van der Waals surface area (Å²) in [6.07, 6.45) is 0. The Balaban J connectivity index is 2.53. The molecule has 2 aromatic carbocycles. The van der Waals surface area contributed by atoms with Gasteiger partial charge in [0.15, 0.2) is 6.04 Å². The first-order chi connectivity index (χ1) is 12.0. The van der Waals surface area contributed by atoms with Crippen molar-refractivity contribution in [3.63, 3.8) is 0 Å². The number of hydrogen-bond donors (Lipinski definition) is 1.